The van der Waals surface area contributed by atoms with Gasteiger partial charge in [0, 0.05) is 12.2 Å². The van der Waals surface area contributed by atoms with Crippen LogP contribution in [0, 0.1) is 0 Å². The Morgan fingerprint density at radius 3 is 2.17 bits per heavy atom. The van der Waals surface area contributed by atoms with Gasteiger partial charge in [0.05, 0.1) is 0 Å². The maximum atomic E-state index is 3.52. The summed E-state index contributed by atoms with van der Waals surface area (Å²) in [7, 11) is 0. The maximum Gasteiger partial charge on any atom is 0.0484 e. The molecular weight excluding hydrogens is 148 g/mol. The number of nitrogens with one attached hydrogen (secondary N) is 1. The second-order valence-electron chi connectivity index (χ2n) is 4.76. The minimum atomic E-state index is 0.261. The predicted molar refractivity (Wildman–Crippen MR) is 53.2 cm³/mol. The highest BCUT2D eigenvalue weighted by atomic mass is 15.2. The highest BCUT2D eigenvalue weighted by Crippen LogP contribution is 2.08. The quantitative estimate of drug-likeness (QED) is 0.680. The van der Waals surface area contributed by atoms with Crippen LogP contribution in [0.25, 0.3) is 0 Å². The molecule has 0 spiro atoms. The summed E-state index contributed by atoms with van der Waals surface area (Å²) in [5.74, 6) is 0. The molecule has 0 aliphatic carbocycles. The van der Waals surface area contributed by atoms with Gasteiger partial charge in [-0.3, -0.25) is 10.2 Å². The third-order valence-electron chi connectivity index (χ3n) is 2.28. The van der Waals surface area contributed by atoms with E-state index >= 15 is 0 Å². The number of likely N-dealkylation sites (tertiary alicyclic amines) is 1. The molecule has 0 saturated carbocycles. The Hall–Kier alpha value is -0.0800. The minimum absolute atomic E-state index is 0.261. The fourth-order valence-corrected chi connectivity index (χ4v) is 1.47. The van der Waals surface area contributed by atoms with Crippen molar-refractivity contribution in [3.8, 4) is 0 Å². The van der Waals surface area contributed by atoms with Gasteiger partial charge in [-0.2, -0.15) is 0 Å². The Morgan fingerprint density at radius 1 is 1.08 bits per heavy atom. The van der Waals surface area contributed by atoms with E-state index in [1.165, 1.54) is 32.4 Å². The summed E-state index contributed by atoms with van der Waals surface area (Å²) in [5, 5.41) is 3.52. The fraction of sp³-hybridized carbons (Fsp3) is 1.00. The molecule has 1 N–H and O–H groups in total. The first-order valence-corrected chi connectivity index (χ1v) is 5.05. The monoisotopic (exact) mass is 170 g/mol. The molecule has 0 aromatic heterocycles. The van der Waals surface area contributed by atoms with Crippen molar-refractivity contribution in [1.82, 2.24) is 10.2 Å². The Bertz CT molecular complexity index is 120. The molecule has 0 aromatic rings. The molecule has 72 valence electrons. The molecule has 2 nitrogen and oxygen atoms in total. The zero-order valence-electron chi connectivity index (χ0n) is 8.69. The second-order valence-corrected chi connectivity index (χ2v) is 4.76. The van der Waals surface area contributed by atoms with Gasteiger partial charge < -0.3 is 0 Å². The predicted octanol–water partition coefficient (Wildman–Crippen LogP) is 1.82. The summed E-state index contributed by atoms with van der Waals surface area (Å²) < 4.78 is 0. The Kier molecular flexibility index (Phi) is 3.53. The van der Waals surface area contributed by atoms with Crippen molar-refractivity contribution >= 4 is 0 Å². The van der Waals surface area contributed by atoms with Crippen LogP contribution < -0.4 is 5.32 Å². The van der Waals surface area contributed by atoms with Crippen molar-refractivity contribution in [3.05, 3.63) is 0 Å². The van der Waals surface area contributed by atoms with Crippen LogP contribution in [-0.2, 0) is 0 Å². The molecule has 1 aliphatic rings. The van der Waals surface area contributed by atoms with Crippen molar-refractivity contribution in [3.63, 3.8) is 0 Å². The standard InChI is InChI=1S/C10H22N2/c1-10(2,3)11-9-12-7-5-4-6-8-12/h11H,4-9H2,1-3H3. The molecule has 1 heterocycles. The molecular formula is C10H22N2. The van der Waals surface area contributed by atoms with Crippen LogP contribution in [0.2, 0.25) is 0 Å². The van der Waals surface area contributed by atoms with E-state index in [9.17, 15) is 0 Å². The summed E-state index contributed by atoms with van der Waals surface area (Å²) in [5.41, 5.74) is 0.261. The van der Waals surface area contributed by atoms with Gasteiger partial charge in [0.2, 0.25) is 0 Å². The largest absolute Gasteiger partial charge is 0.300 e. The van der Waals surface area contributed by atoms with Gasteiger partial charge in [-0.1, -0.05) is 6.42 Å². The third kappa shape index (κ3) is 4.07. The molecule has 1 fully saturated rings. The maximum absolute atomic E-state index is 3.52. The lowest BCUT2D eigenvalue weighted by Crippen LogP contribution is -2.45. The van der Waals surface area contributed by atoms with Crippen LogP contribution in [0.5, 0.6) is 0 Å². The smallest absolute Gasteiger partial charge is 0.0484 e. The van der Waals surface area contributed by atoms with Gasteiger partial charge in [-0.15, -0.1) is 0 Å². The van der Waals surface area contributed by atoms with Gasteiger partial charge in [0.15, 0.2) is 0 Å². The van der Waals surface area contributed by atoms with Crippen LogP contribution in [-0.4, -0.2) is 30.2 Å². The lowest BCUT2D eigenvalue weighted by molar-refractivity contribution is 0.190. The topological polar surface area (TPSA) is 15.3 Å². The van der Waals surface area contributed by atoms with Gasteiger partial charge in [0.1, 0.15) is 0 Å². The molecule has 0 bridgehead atoms. The molecule has 1 aliphatic heterocycles. The van der Waals surface area contributed by atoms with Crippen molar-refractivity contribution in [2.24, 2.45) is 0 Å². The zero-order chi connectivity index (χ0) is 9.03. The Labute approximate surface area is 76.3 Å². The van der Waals surface area contributed by atoms with E-state index in [2.05, 4.69) is 31.0 Å². The highest BCUT2D eigenvalue weighted by molar-refractivity contribution is 4.71. The van der Waals surface area contributed by atoms with Crippen LogP contribution in [0.15, 0.2) is 0 Å². The molecule has 0 amide bonds. The Morgan fingerprint density at radius 2 is 1.67 bits per heavy atom. The molecule has 0 unspecified atom stereocenters. The van der Waals surface area contributed by atoms with Crippen LogP contribution >= 0.6 is 0 Å². The van der Waals surface area contributed by atoms with E-state index in [1.54, 1.807) is 0 Å². The average Bonchev–Trinajstić information content (AvgIpc) is 2.02. The van der Waals surface area contributed by atoms with Gasteiger partial charge in [-0.05, 0) is 46.7 Å². The van der Waals surface area contributed by atoms with E-state index in [1.807, 2.05) is 0 Å². The molecule has 0 atom stereocenters. The molecule has 2 heteroatoms. The first-order chi connectivity index (χ1) is 5.58. The first-order valence-electron chi connectivity index (χ1n) is 5.05. The number of piperidine rings is 1. The van der Waals surface area contributed by atoms with Gasteiger partial charge in [0.25, 0.3) is 0 Å². The number of rotatable bonds is 2. The number of hydrogen-bond acceptors (Lipinski definition) is 2. The van der Waals surface area contributed by atoms with Crippen LogP contribution in [0.3, 0.4) is 0 Å². The Balaban J connectivity index is 2.13. The molecule has 0 aromatic carbocycles. The van der Waals surface area contributed by atoms with E-state index in [4.69, 9.17) is 0 Å². The number of hydrogen-bond donors (Lipinski definition) is 1. The molecule has 1 rings (SSSR count). The summed E-state index contributed by atoms with van der Waals surface area (Å²) in [6, 6.07) is 0. The number of nitrogens with zero attached hydrogens (tertiary/aromatic N) is 1. The second kappa shape index (κ2) is 4.24. The normalized spacial score (nSPS) is 21.2. The summed E-state index contributed by atoms with van der Waals surface area (Å²) in [4.78, 5) is 2.51. The van der Waals surface area contributed by atoms with Crippen molar-refractivity contribution in [2.45, 2.75) is 45.6 Å². The first kappa shape index (κ1) is 10.0. The SMILES string of the molecule is CC(C)(C)NCN1CCCCC1. The lowest BCUT2D eigenvalue weighted by atomic mass is 10.1. The summed E-state index contributed by atoms with van der Waals surface area (Å²) in [6.45, 7) is 10.3. The van der Waals surface area contributed by atoms with E-state index in [-0.39, 0.29) is 5.54 Å². The van der Waals surface area contributed by atoms with Crippen molar-refractivity contribution in [1.29, 1.82) is 0 Å². The van der Waals surface area contributed by atoms with Crippen molar-refractivity contribution in [2.75, 3.05) is 19.8 Å². The zero-order valence-corrected chi connectivity index (χ0v) is 8.69. The average molecular weight is 170 g/mol. The lowest BCUT2D eigenvalue weighted by Gasteiger charge is -2.30. The van der Waals surface area contributed by atoms with Crippen LogP contribution in [0.4, 0.5) is 0 Å². The minimum Gasteiger partial charge on any atom is -0.300 e. The van der Waals surface area contributed by atoms with Gasteiger partial charge in [-0.25, -0.2) is 0 Å². The molecule has 12 heavy (non-hydrogen) atoms. The highest BCUT2D eigenvalue weighted by Gasteiger charge is 2.13. The van der Waals surface area contributed by atoms with E-state index in [0.717, 1.165) is 6.67 Å². The molecule has 0 radical (unpaired) electrons. The van der Waals surface area contributed by atoms with Gasteiger partial charge >= 0.3 is 0 Å². The van der Waals surface area contributed by atoms with E-state index < -0.39 is 0 Å². The third-order valence-corrected chi connectivity index (χ3v) is 2.28. The summed E-state index contributed by atoms with van der Waals surface area (Å²) in [6.07, 6.45) is 4.18. The van der Waals surface area contributed by atoms with Crippen LogP contribution in [0.1, 0.15) is 40.0 Å². The summed E-state index contributed by atoms with van der Waals surface area (Å²) >= 11 is 0. The fourth-order valence-electron chi connectivity index (χ4n) is 1.47. The van der Waals surface area contributed by atoms with Crippen molar-refractivity contribution < 1.29 is 0 Å². The molecule has 1 saturated heterocycles. The van der Waals surface area contributed by atoms with E-state index in [0.29, 0.717) is 0 Å².